The number of carboxylic acid groups (broad SMARTS) is 1. The van der Waals surface area contributed by atoms with E-state index in [2.05, 4.69) is 5.10 Å². The minimum Gasteiger partial charge on any atom is -0.478 e. The van der Waals surface area contributed by atoms with E-state index in [1.165, 1.54) is 30.1 Å². The van der Waals surface area contributed by atoms with Crippen molar-refractivity contribution in [2.24, 2.45) is 7.05 Å². The molecule has 2 aromatic rings. The summed E-state index contributed by atoms with van der Waals surface area (Å²) in [6.45, 7) is 3.34. The van der Waals surface area contributed by atoms with Crippen LogP contribution in [0.2, 0.25) is 0 Å². The molecule has 0 atom stereocenters. The normalized spacial score (nSPS) is 11.5. The summed E-state index contributed by atoms with van der Waals surface area (Å²) >= 11 is 0. The maximum Gasteiger partial charge on any atom is 0.336 e. The van der Waals surface area contributed by atoms with Gasteiger partial charge in [-0.3, -0.25) is 8.99 Å². The van der Waals surface area contributed by atoms with E-state index >= 15 is 0 Å². The molecule has 8 heteroatoms. The van der Waals surface area contributed by atoms with Crippen LogP contribution < -0.4 is 4.31 Å². The Morgan fingerprint density at radius 3 is 2.45 bits per heavy atom. The molecule has 0 aliphatic carbocycles. The molecule has 0 aliphatic rings. The van der Waals surface area contributed by atoms with Gasteiger partial charge >= 0.3 is 5.97 Å². The van der Waals surface area contributed by atoms with Crippen LogP contribution in [0.5, 0.6) is 0 Å². The van der Waals surface area contributed by atoms with E-state index in [1.54, 1.807) is 27.1 Å². The van der Waals surface area contributed by atoms with Crippen LogP contribution in [0.15, 0.2) is 29.4 Å². The molecular formula is C14H17N3O4S. The van der Waals surface area contributed by atoms with Crippen molar-refractivity contribution in [3.8, 4) is 0 Å². The Bertz CT molecular complexity index is 840. The second-order valence-corrected chi connectivity index (χ2v) is 7.03. The molecule has 1 N–H and O–H groups in total. The van der Waals surface area contributed by atoms with E-state index in [0.29, 0.717) is 16.8 Å². The standard InChI is InChI=1S/C14H17N3O4S/c1-9-5-12(6-13(10(9)2)14(18)19)22(20,21)17(4)11-7-15-16(3)8-11/h5-8H,1-4H3,(H,18,19). The van der Waals surface area contributed by atoms with Crippen LogP contribution in [0.4, 0.5) is 5.69 Å². The molecule has 7 nitrogen and oxygen atoms in total. The third kappa shape index (κ3) is 2.69. The van der Waals surface area contributed by atoms with Gasteiger partial charge in [0.15, 0.2) is 0 Å². The first kappa shape index (κ1) is 16.0. The second kappa shape index (κ2) is 5.45. The quantitative estimate of drug-likeness (QED) is 0.922. The summed E-state index contributed by atoms with van der Waals surface area (Å²) in [7, 11) is -0.770. The fourth-order valence-electron chi connectivity index (χ4n) is 2.07. The summed E-state index contributed by atoms with van der Waals surface area (Å²) in [5.41, 5.74) is 1.55. The zero-order valence-corrected chi connectivity index (χ0v) is 13.5. The van der Waals surface area contributed by atoms with Crippen molar-refractivity contribution in [3.05, 3.63) is 41.2 Å². The van der Waals surface area contributed by atoms with Gasteiger partial charge < -0.3 is 5.11 Å². The zero-order valence-electron chi connectivity index (χ0n) is 12.7. The number of aromatic nitrogens is 2. The van der Waals surface area contributed by atoms with E-state index in [4.69, 9.17) is 0 Å². The minimum atomic E-state index is -3.86. The van der Waals surface area contributed by atoms with Gasteiger partial charge in [-0.1, -0.05) is 0 Å². The van der Waals surface area contributed by atoms with Crippen molar-refractivity contribution in [1.82, 2.24) is 9.78 Å². The van der Waals surface area contributed by atoms with E-state index in [1.807, 2.05) is 0 Å². The van der Waals surface area contributed by atoms with Gasteiger partial charge in [-0.2, -0.15) is 5.10 Å². The van der Waals surface area contributed by atoms with Gasteiger partial charge in [0.2, 0.25) is 0 Å². The molecule has 118 valence electrons. The number of carbonyl (C=O) groups is 1. The average Bonchev–Trinajstić information content (AvgIpc) is 2.86. The molecule has 0 unspecified atom stereocenters. The van der Waals surface area contributed by atoms with Gasteiger partial charge in [0.25, 0.3) is 10.0 Å². The Morgan fingerprint density at radius 1 is 1.32 bits per heavy atom. The van der Waals surface area contributed by atoms with Crippen LogP contribution in [0.25, 0.3) is 0 Å². The number of rotatable bonds is 4. The fraction of sp³-hybridized carbons (Fsp3) is 0.286. The summed E-state index contributed by atoms with van der Waals surface area (Å²) in [5, 5.41) is 13.2. The van der Waals surface area contributed by atoms with Crippen molar-refractivity contribution >= 4 is 21.7 Å². The lowest BCUT2D eigenvalue weighted by molar-refractivity contribution is 0.0695. The third-order valence-electron chi connectivity index (χ3n) is 3.58. The summed E-state index contributed by atoms with van der Waals surface area (Å²) < 4.78 is 27.9. The summed E-state index contributed by atoms with van der Waals surface area (Å²) in [5.74, 6) is -1.15. The van der Waals surface area contributed by atoms with Crippen LogP contribution in [-0.2, 0) is 17.1 Å². The average molecular weight is 323 g/mol. The number of anilines is 1. The van der Waals surface area contributed by atoms with Crippen molar-refractivity contribution < 1.29 is 18.3 Å². The minimum absolute atomic E-state index is 0.0156. The van der Waals surface area contributed by atoms with E-state index in [-0.39, 0.29) is 10.5 Å². The Labute approximate surface area is 128 Å². The lowest BCUT2D eigenvalue weighted by atomic mass is 10.0. The molecule has 1 heterocycles. The lowest BCUT2D eigenvalue weighted by Gasteiger charge is -2.18. The Balaban J connectivity index is 2.57. The third-order valence-corrected chi connectivity index (χ3v) is 5.35. The van der Waals surface area contributed by atoms with Crippen molar-refractivity contribution in [3.63, 3.8) is 0 Å². The second-order valence-electron chi connectivity index (χ2n) is 5.06. The highest BCUT2D eigenvalue weighted by atomic mass is 32.2. The molecule has 0 spiro atoms. The Kier molecular flexibility index (Phi) is 3.97. The number of benzene rings is 1. The smallest absolute Gasteiger partial charge is 0.336 e. The van der Waals surface area contributed by atoms with E-state index < -0.39 is 16.0 Å². The number of carboxylic acids is 1. The number of aryl methyl sites for hydroxylation is 2. The summed E-state index contributed by atoms with van der Waals surface area (Å²) in [6, 6.07) is 2.66. The first-order valence-corrected chi connectivity index (χ1v) is 7.90. The maximum absolute atomic E-state index is 12.7. The fourth-order valence-corrected chi connectivity index (χ4v) is 3.35. The first-order valence-electron chi connectivity index (χ1n) is 6.46. The molecule has 22 heavy (non-hydrogen) atoms. The zero-order chi connectivity index (χ0) is 16.7. The Morgan fingerprint density at radius 2 is 1.95 bits per heavy atom. The van der Waals surface area contributed by atoms with Gasteiger partial charge in [0.1, 0.15) is 0 Å². The molecule has 0 fully saturated rings. The molecule has 1 aromatic heterocycles. The van der Waals surface area contributed by atoms with Crippen molar-refractivity contribution in [2.45, 2.75) is 18.7 Å². The van der Waals surface area contributed by atoms with Crippen LogP contribution in [0.3, 0.4) is 0 Å². The molecule has 0 saturated carbocycles. The van der Waals surface area contributed by atoms with Crippen LogP contribution in [0.1, 0.15) is 21.5 Å². The van der Waals surface area contributed by atoms with Crippen molar-refractivity contribution in [2.75, 3.05) is 11.4 Å². The van der Waals surface area contributed by atoms with E-state index in [0.717, 1.165) is 4.31 Å². The van der Waals surface area contributed by atoms with Crippen LogP contribution >= 0.6 is 0 Å². The predicted molar refractivity (Wildman–Crippen MR) is 81.7 cm³/mol. The molecule has 1 aromatic carbocycles. The number of hydrogen-bond donors (Lipinski definition) is 1. The molecule has 0 amide bonds. The highest BCUT2D eigenvalue weighted by molar-refractivity contribution is 7.92. The highest BCUT2D eigenvalue weighted by Crippen LogP contribution is 2.25. The molecule has 2 rings (SSSR count). The number of nitrogens with zero attached hydrogens (tertiary/aromatic N) is 3. The number of hydrogen-bond acceptors (Lipinski definition) is 4. The highest BCUT2D eigenvalue weighted by Gasteiger charge is 2.25. The van der Waals surface area contributed by atoms with Gasteiger partial charge in [0.05, 0.1) is 22.3 Å². The molecule has 0 saturated heterocycles. The van der Waals surface area contributed by atoms with Crippen LogP contribution in [-0.4, -0.2) is 36.3 Å². The summed E-state index contributed by atoms with van der Waals surface area (Å²) in [6.07, 6.45) is 2.99. The molecule has 0 bridgehead atoms. The Hall–Kier alpha value is -2.35. The number of aromatic carboxylic acids is 1. The van der Waals surface area contributed by atoms with Gasteiger partial charge in [-0.15, -0.1) is 0 Å². The topological polar surface area (TPSA) is 92.5 Å². The predicted octanol–water partition coefficient (Wildman–Crippen LogP) is 1.56. The van der Waals surface area contributed by atoms with Gasteiger partial charge in [-0.05, 0) is 37.1 Å². The SMILES string of the molecule is Cc1cc(S(=O)(=O)N(C)c2cnn(C)c2)cc(C(=O)O)c1C. The van der Waals surface area contributed by atoms with Gasteiger partial charge in [0, 0.05) is 20.3 Å². The van der Waals surface area contributed by atoms with Gasteiger partial charge in [-0.25, -0.2) is 13.2 Å². The van der Waals surface area contributed by atoms with Crippen molar-refractivity contribution in [1.29, 1.82) is 0 Å². The molecular weight excluding hydrogens is 306 g/mol. The monoisotopic (exact) mass is 323 g/mol. The largest absolute Gasteiger partial charge is 0.478 e. The van der Waals surface area contributed by atoms with E-state index in [9.17, 15) is 18.3 Å². The maximum atomic E-state index is 12.7. The lowest BCUT2D eigenvalue weighted by Crippen LogP contribution is -2.26. The summed E-state index contributed by atoms with van der Waals surface area (Å²) in [4.78, 5) is 11.2. The molecule has 0 aliphatic heterocycles. The number of sulfonamides is 1. The van der Waals surface area contributed by atoms with Crippen LogP contribution in [0, 0.1) is 13.8 Å². The first-order chi connectivity index (χ1) is 10.1. The molecule has 0 radical (unpaired) electrons.